The lowest BCUT2D eigenvalue weighted by atomic mass is 10.0. The molecule has 0 saturated carbocycles. The fourth-order valence-electron chi connectivity index (χ4n) is 4.39. The second-order valence-corrected chi connectivity index (χ2v) is 13.4. The number of nitrogens with zero attached hydrogens (tertiary/aromatic N) is 1. The molecule has 0 rings (SSSR count). The molecule has 0 aliphatic rings. The van der Waals surface area contributed by atoms with Crippen molar-refractivity contribution in [3.63, 3.8) is 0 Å². The summed E-state index contributed by atoms with van der Waals surface area (Å²) in [5.74, 6) is -6.64. The molecule has 0 aliphatic carbocycles. The molecule has 298 valence electrons. The zero-order valence-electron chi connectivity index (χ0n) is 30.1. The molecule has 21 nitrogen and oxygen atoms in total. The van der Waals surface area contributed by atoms with Crippen LogP contribution in [0.15, 0.2) is 4.99 Å². The van der Waals surface area contributed by atoms with Crippen LogP contribution in [0, 0.1) is 5.92 Å². The maximum Gasteiger partial charge on any atom is 0.326 e. The van der Waals surface area contributed by atoms with Gasteiger partial charge >= 0.3 is 5.97 Å². The number of aliphatic hydroxyl groups excluding tert-OH is 3. The van der Waals surface area contributed by atoms with Crippen molar-refractivity contribution in [2.24, 2.45) is 28.1 Å². The van der Waals surface area contributed by atoms with E-state index in [2.05, 4.69) is 36.9 Å². The maximum atomic E-state index is 13.2. The van der Waals surface area contributed by atoms with Crippen molar-refractivity contribution in [2.45, 2.75) is 102 Å². The van der Waals surface area contributed by atoms with Gasteiger partial charge in [-0.2, -0.15) is 11.8 Å². The normalized spacial score (nSPS) is 15.7. The number of aliphatic imine (C=N–C) groups is 1. The number of carboxylic acid groups (broad SMARTS) is 1. The predicted octanol–water partition coefficient (Wildman–Crippen LogP) is -5.45. The van der Waals surface area contributed by atoms with Gasteiger partial charge in [0.2, 0.25) is 35.4 Å². The summed E-state index contributed by atoms with van der Waals surface area (Å²) in [6, 6.07) is -9.61. The van der Waals surface area contributed by atoms with Crippen LogP contribution in [0.2, 0.25) is 0 Å². The van der Waals surface area contributed by atoms with E-state index in [4.69, 9.17) is 22.3 Å². The van der Waals surface area contributed by atoms with Crippen molar-refractivity contribution in [2.75, 3.05) is 31.8 Å². The monoisotopic (exact) mass is 764 g/mol. The minimum absolute atomic E-state index is 0.0152. The third-order valence-electron chi connectivity index (χ3n) is 7.31. The van der Waals surface area contributed by atoms with Gasteiger partial charge in [0.15, 0.2) is 5.96 Å². The first kappa shape index (κ1) is 47.8. The van der Waals surface area contributed by atoms with Crippen LogP contribution in [-0.2, 0) is 33.6 Å². The van der Waals surface area contributed by atoms with Gasteiger partial charge in [0.25, 0.3) is 0 Å². The zero-order valence-corrected chi connectivity index (χ0v) is 30.9. The fourth-order valence-corrected chi connectivity index (χ4v) is 4.86. The van der Waals surface area contributed by atoms with Crippen LogP contribution in [0.3, 0.4) is 0 Å². The van der Waals surface area contributed by atoms with Crippen LogP contribution in [-0.4, -0.2) is 148 Å². The van der Waals surface area contributed by atoms with Gasteiger partial charge in [0.1, 0.15) is 42.3 Å². The fraction of sp³-hybridized carbons (Fsp3) is 0.733. The molecule has 6 amide bonds. The average Bonchev–Trinajstić information content (AvgIpc) is 3.07. The second kappa shape index (κ2) is 24.9. The first-order chi connectivity index (χ1) is 24.3. The Kier molecular flexibility index (Phi) is 22.8. The first-order valence-corrected chi connectivity index (χ1v) is 17.9. The Balaban J connectivity index is 5.66. The Hall–Kier alpha value is -4.25. The molecule has 0 bridgehead atoms. The number of amides is 6. The largest absolute Gasteiger partial charge is 0.480 e. The molecule has 0 radical (unpaired) electrons. The molecule has 0 aliphatic heterocycles. The first-order valence-electron chi connectivity index (χ1n) is 16.5. The number of nitrogens with two attached hydrogens (primary N) is 3. The molecule has 8 atom stereocenters. The van der Waals surface area contributed by atoms with E-state index in [1.807, 2.05) is 0 Å². The highest BCUT2D eigenvalue weighted by Crippen LogP contribution is 2.08. The van der Waals surface area contributed by atoms with Gasteiger partial charge in [-0.3, -0.25) is 33.8 Å². The summed E-state index contributed by atoms with van der Waals surface area (Å²) in [6.07, 6.45) is 0.699. The molecule has 0 aromatic heterocycles. The molecular weight excluding hydrogens is 708 g/mol. The van der Waals surface area contributed by atoms with Crippen LogP contribution >= 0.6 is 11.8 Å². The highest BCUT2D eigenvalue weighted by Gasteiger charge is 2.33. The Labute approximate surface area is 306 Å². The number of hydrogen-bond acceptors (Lipinski definition) is 13. The van der Waals surface area contributed by atoms with Crippen molar-refractivity contribution >= 4 is 59.1 Å². The van der Waals surface area contributed by atoms with Crippen molar-refractivity contribution in [1.29, 1.82) is 0 Å². The minimum Gasteiger partial charge on any atom is -0.480 e. The van der Waals surface area contributed by atoms with Crippen LogP contribution in [0.5, 0.6) is 0 Å². The zero-order chi connectivity index (χ0) is 40.1. The molecule has 0 unspecified atom stereocenters. The van der Waals surface area contributed by atoms with E-state index in [9.17, 15) is 48.9 Å². The van der Waals surface area contributed by atoms with Crippen LogP contribution in [0.4, 0.5) is 0 Å². The molecule has 0 heterocycles. The van der Waals surface area contributed by atoms with Gasteiger partial charge in [-0.05, 0) is 57.5 Å². The quantitative estimate of drug-likeness (QED) is 0.0234. The third-order valence-corrected chi connectivity index (χ3v) is 7.95. The molecule has 0 spiro atoms. The van der Waals surface area contributed by atoms with E-state index in [-0.39, 0.29) is 44.1 Å². The summed E-state index contributed by atoms with van der Waals surface area (Å²) in [5, 5.41) is 52.8. The van der Waals surface area contributed by atoms with Crippen LogP contribution in [0.1, 0.15) is 53.4 Å². The molecule has 0 aromatic rings. The Bertz CT molecular complexity index is 1240. The summed E-state index contributed by atoms with van der Waals surface area (Å²) in [7, 11) is 0. The number of thioether (sulfide) groups is 1. The Morgan fingerprint density at radius 1 is 0.692 bits per heavy atom. The number of carbonyl (C=O) groups excluding carboxylic acids is 6. The summed E-state index contributed by atoms with van der Waals surface area (Å²) in [4.78, 5) is 93.0. The molecule has 16 N–H and O–H groups in total. The number of aliphatic carboxylic acids is 1. The van der Waals surface area contributed by atoms with E-state index < -0.39 is 103 Å². The number of rotatable bonds is 25. The predicted molar refractivity (Wildman–Crippen MR) is 191 cm³/mol. The summed E-state index contributed by atoms with van der Waals surface area (Å²) < 4.78 is 0. The lowest BCUT2D eigenvalue weighted by Crippen LogP contribution is -2.61. The topological polar surface area (TPSA) is 363 Å². The van der Waals surface area contributed by atoms with Crippen LogP contribution in [0.25, 0.3) is 0 Å². The smallest absolute Gasteiger partial charge is 0.326 e. The Morgan fingerprint density at radius 2 is 1.23 bits per heavy atom. The molecule has 0 fully saturated rings. The summed E-state index contributed by atoms with van der Waals surface area (Å²) in [5.41, 5.74) is 16.0. The number of carbonyl (C=O) groups is 7. The highest BCUT2D eigenvalue weighted by molar-refractivity contribution is 7.98. The summed E-state index contributed by atoms with van der Waals surface area (Å²) >= 11 is 1.35. The van der Waals surface area contributed by atoms with E-state index in [0.29, 0.717) is 5.75 Å². The Morgan fingerprint density at radius 3 is 1.73 bits per heavy atom. The van der Waals surface area contributed by atoms with E-state index >= 15 is 0 Å². The van der Waals surface area contributed by atoms with Gasteiger partial charge in [-0.1, -0.05) is 13.8 Å². The molecule has 52 heavy (non-hydrogen) atoms. The maximum absolute atomic E-state index is 13.2. The van der Waals surface area contributed by atoms with Gasteiger partial charge in [-0.15, -0.1) is 0 Å². The molecule has 0 saturated heterocycles. The van der Waals surface area contributed by atoms with Crippen molar-refractivity contribution in [3.8, 4) is 0 Å². The number of carboxylic acids is 1. The number of hydrogen-bond donors (Lipinski definition) is 13. The SMILES string of the molecule is CSCC[C@H](NC(=O)[C@H](CO)NC(=O)[C@H](C)NC(=O)[C@H](CC(C)C)NC(=O)[C@@H](NC(=O)[C@@H](N)CO)[C@@H](C)O)C(=O)N[C@@H](CCCN=C(N)N)C(=O)O. The molecular formula is C30H56N10O11S. The van der Waals surface area contributed by atoms with E-state index in [0.717, 1.165) is 0 Å². The van der Waals surface area contributed by atoms with Gasteiger partial charge < -0.3 is 69.5 Å². The van der Waals surface area contributed by atoms with Gasteiger partial charge in [0.05, 0.1) is 19.3 Å². The standard InChI is InChI=1S/C30H56N10O11S/c1-14(2)11-20(38-28(49)22(16(4)43)40-24(45)17(31)12-41)26(47)35-15(3)23(44)39-21(13-42)27(48)36-18(8-10-52-5)25(46)37-19(29(50)51)7-6-9-34-30(32)33/h14-22,41-43H,6-13,31H2,1-5H3,(H,35,47)(H,36,48)(H,37,46)(H,38,49)(H,39,44)(H,40,45)(H,50,51)(H4,32,33,34)/t15-,16+,17-,18-,19-,20-,21-,22-/m0/s1. The number of guanidine groups is 1. The van der Waals surface area contributed by atoms with Gasteiger partial charge in [0, 0.05) is 6.54 Å². The lowest BCUT2D eigenvalue weighted by Gasteiger charge is -2.27. The van der Waals surface area contributed by atoms with E-state index in [1.165, 1.54) is 25.6 Å². The number of aliphatic hydroxyl groups is 3. The third kappa shape index (κ3) is 18.3. The van der Waals surface area contributed by atoms with E-state index in [1.54, 1.807) is 20.1 Å². The molecule has 0 aromatic carbocycles. The van der Waals surface area contributed by atoms with Crippen molar-refractivity contribution in [1.82, 2.24) is 31.9 Å². The minimum atomic E-state index is -1.59. The number of nitrogens with one attached hydrogen (secondary N) is 6. The highest BCUT2D eigenvalue weighted by atomic mass is 32.2. The lowest BCUT2D eigenvalue weighted by molar-refractivity contribution is -0.142. The second-order valence-electron chi connectivity index (χ2n) is 12.4. The summed E-state index contributed by atoms with van der Waals surface area (Å²) in [6.45, 7) is 4.50. The molecule has 22 heteroatoms. The van der Waals surface area contributed by atoms with Crippen molar-refractivity contribution < 1.29 is 54.0 Å². The van der Waals surface area contributed by atoms with Gasteiger partial charge in [-0.25, -0.2) is 4.79 Å². The van der Waals surface area contributed by atoms with Crippen LogP contribution < -0.4 is 49.1 Å². The van der Waals surface area contributed by atoms with Crippen molar-refractivity contribution in [3.05, 3.63) is 0 Å². The average molecular weight is 765 g/mol.